The summed E-state index contributed by atoms with van der Waals surface area (Å²) in [5.41, 5.74) is 0.315. The smallest absolute Gasteiger partial charge is 0.172 e. The Labute approximate surface area is 74.7 Å². The number of hydrogen-bond acceptors (Lipinski definition) is 4. The van der Waals surface area contributed by atoms with Crippen molar-refractivity contribution in [3.63, 3.8) is 0 Å². The van der Waals surface area contributed by atoms with Gasteiger partial charge in [0, 0.05) is 6.07 Å². The molecule has 0 spiro atoms. The van der Waals surface area contributed by atoms with Crippen molar-refractivity contribution < 1.29 is 19.4 Å². The fourth-order valence-corrected chi connectivity index (χ4v) is 1.25. The van der Waals surface area contributed by atoms with E-state index in [1.807, 2.05) is 0 Å². The first kappa shape index (κ1) is 7.91. The van der Waals surface area contributed by atoms with Gasteiger partial charge in [-0.25, -0.2) is 0 Å². The Morgan fingerprint density at radius 2 is 2.08 bits per heavy atom. The quantitative estimate of drug-likeness (QED) is 0.654. The third-order valence-electron chi connectivity index (χ3n) is 1.78. The van der Waals surface area contributed by atoms with Crippen LogP contribution in [0.1, 0.15) is 10.4 Å². The van der Waals surface area contributed by atoms with Gasteiger partial charge in [0.15, 0.2) is 17.8 Å². The summed E-state index contributed by atoms with van der Waals surface area (Å²) in [6, 6.07) is 2.78. The molecule has 0 saturated carbocycles. The molecule has 0 radical (unpaired) electrons. The molecule has 2 rings (SSSR count). The van der Waals surface area contributed by atoms with Gasteiger partial charge in [0.05, 0.1) is 5.56 Å². The lowest BCUT2D eigenvalue weighted by Gasteiger charge is -2.19. The second-order valence-corrected chi connectivity index (χ2v) is 2.68. The number of rotatable bonds is 1. The number of carbonyl (C=O) groups excluding carboxylic acids is 1. The van der Waals surface area contributed by atoms with Crippen LogP contribution in [0.5, 0.6) is 17.2 Å². The van der Waals surface area contributed by atoms with E-state index in [2.05, 4.69) is 0 Å². The first-order chi connectivity index (χ1) is 6.31. The highest BCUT2D eigenvalue weighted by Gasteiger charge is 2.16. The Morgan fingerprint density at radius 1 is 1.31 bits per heavy atom. The number of phenols is 1. The van der Waals surface area contributed by atoms with E-state index in [-0.39, 0.29) is 5.75 Å². The second kappa shape index (κ2) is 2.97. The average molecular weight is 180 g/mol. The summed E-state index contributed by atoms with van der Waals surface area (Å²) in [6.07, 6.45) is 0.632. The number of aromatic hydroxyl groups is 1. The van der Waals surface area contributed by atoms with Crippen LogP contribution in [0.25, 0.3) is 0 Å². The van der Waals surface area contributed by atoms with Gasteiger partial charge in [0.1, 0.15) is 19.0 Å². The number of fused-ring (bicyclic) bond motifs is 1. The van der Waals surface area contributed by atoms with E-state index >= 15 is 0 Å². The highest BCUT2D eigenvalue weighted by Crippen LogP contribution is 2.36. The third kappa shape index (κ3) is 1.30. The molecule has 1 N–H and O–H groups in total. The van der Waals surface area contributed by atoms with Crippen LogP contribution < -0.4 is 9.47 Å². The van der Waals surface area contributed by atoms with Crippen molar-refractivity contribution in [3.8, 4) is 17.2 Å². The summed E-state index contributed by atoms with van der Waals surface area (Å²) in [5.74, 6) is 0.846. The molecule has 0 saturated heterocycles. The molecule has 0 atom stereocenters. The topological polar surface area (TPSA) is 55.8 Å². The Kier molecular flexibility index (Phi) is 1.81. The lowest BCUT2D eigenvalue weighted by Crippen LogP contribution is -2.16. The van der Waals surface area contributed by atoms with Crippen LogP contribution in [0, 0.1) is 0 Å². The summed E-state index contributed by atoms with van der Waals surface area (Å²) in [5, 5.41) is 9.21. The first-order valence-electron chi connectivity index (χ1n) is 3.89. The molecule has 1 aromatic carbocycles. The van der Waals surface area contributed by atoms with E-state index < -0.39 is 0 Å². The lowest BCUT2D eigenvalue weighted by atomic mass is 10.2. The van der Waals surface area contributed by atoms with Gasteiger partial charge in [-0.15, -0.1) is 0 Å². The van der Waals surface area contributed by atoms with E-state index in [0.29, 0.717) is 36.6 Å². The molecule has 0 amide bonds. The van der Waals surface area contributed by atoms with Crippen LogP contribution >= 0.6 is 0 Å². The molecule has 1 heterocycles. The van der Waals surface area contributed by atoms with E-state index in [1.165, 1.54) is 12.1 Å². The number of phenolic OH excluding ortho intramolecular Hbond substituents is 1. The molecular weight excluding hydrogens is 172 g/mol. The van der Waals surface area contributed by atoms with Gasteiger partial charge in [0.2, 0.25) is 0 Å². The Bertz CT molecular complexity index is 346. The maximum Gasteiger partial charge on any atom is 0.172 e. The Balaban J connectivity index is 2.56. The minimum absolute atomic E-state index is 0.00588. The maximum absolute atomic E-state index is 10.6. The highest BCUT2D eigenvalue weighted by molar-refractivity contribution is 5.82. The van der Waals surface area contributed by atoms with Crippen molar-refractivity contribution in [2.45, 2.75) is 0 Å². The number of benzene rings is 1. The second-order valence-electron chi connectivity index (χ2n) is 2.68. The molecule has 0 aliphatic carbocycles. The van der Waals surface area contributed by atoms with Crippen molar-refractivity contribution in [3.05, 3.63) is 17.7 Å². The zero-order valence-electron chi connectivity index (χ0n) is 6.82. The van der Waals surface area contributed by atoms with Crippen molar-refractivity contribution in [1.29, 1.82) is 0 Å². The van der Waals surface area contributed by atoms with Crippen LogP contribution in [0.3, 0.4) is 0 Å². The SMILES string of the molecule is O=Cc1cc(O)cc2c1OCCO2. The van der Waals surface area contributed by atoms with Crippen molar-refractivity contribution in [2.24, 2.45) is 0 Å². The van der Waals surface area contributed by atoms with Gasteiger partial charge >= 0.3 is 0 Å². The fourth-order valence-electron chi connectivity index (χ4n) is 1.25. The minimum atomic E-state index is 0.00588. The first-order valence-corrected chi connectivity index (χ1v) is 3.89. The zero-order chi connectivity index (χ0) is 9.26. The predicted molar refractivity (Wildman–Crippen MR) is 44.5 cm³/mol. The molecule has 0 bridgehead atoms. The Hall–Kier alpha value is -1.71. The van der Waals surface area contributed by atoms with E-state index in [9.17, 15) is 9.90 Å². The number of hydrogen-bond donors (Lipinski definition) is 1. The molecule has 68 valence electrons. The van der Waals surface area contributed by atoms with Crippen LogP contribution in [-0.4, -0.2) is 24.6 Å². The number of ether oxygens (including phenoxy) is 2. The van der Waals surface area contributed by atoms with Gasteiger partial charge in [0.25, 0.3) is 0 Å². The van der Waals surface area contributed by atoms with Gasteiger partial charge in [-0.2, -0.15) is 0 Å². The highest BCUT2D eigenvalue weighted by atomic mass is 16.6. The van der Waals surface area contributed by atoms with Gasteiger partial charge < -0.3 is 14.6 Å². The molecule has 1 aromatic rings. The lowest BCUT2D eigenvalue weighted by molar-refractivity contribution is 0.111. The van der Waals surface area contributed by atoms with Gasteiger partial charge in [-0.1, -0.05) is 0 Å². The summed E-state index contributed by atoms with van der Waals surface area (Å²) in [6.45, 7) is 0.868. The van der Waals surface area contributed by atoms with Gasteiger partial charge in [-0.3, -0.25) is 4.79 Å². The van der Waals surface area contributed by atoms with Crippen LogP contribution in [0.15, 0.2) is 12.1 Å². The van der Waals surface area contributed by atoms with E-state index in [4.69, 9.17) is 9.47 Å². The Morgan fingerprint density at radius 3 is 2.85 bits per heavy atom. The molecule has 0 aromatic heterocycles. The molecular formula is C9H8O4. The molecule has 1 aliphatic rings. The average Bonchev–Trinajstić information content (AvgIpc) is 2.16. The molecule has 1 aliphatic heterocycles. The largest absolute Gasteiger partial charge is 0.508 e. The van der Waals surface area contributed by atoms with Crippen LogP contribution in [0.4, 0.5) is 0 Å². The molecule has 0 unspecified atom stereocenters. The minimum Gasteiger partial charge on any atom is -0.508 e. The summed E-state index contributed by atoms with van der Waals surface area (Å²) < 4.78 is 10.4. The van der Waals surface area contributed by atoms with Crippen LogP contribution in [0.2, 0.25) is 0 Å². The number of carbonyl (C=O) groups is 1. The normalized spacial score (nSPS) is 13.8. The van der Waals surface area contributed by atoms with Gasteiger partial charge in [-0.05, 0) is 6.07 Å². The fraction of sp³-hybridized carbons (Fsp3) is 0.222. The van der Waals surface area contributed by atoms with Crippen LogP contribution in [-0.2, 0) is 0 Å². The summed E-state index contributed by atoms with van der Waals surface area (Å²) in [4.78, 5) is 10.6. The van der Waals surface area contributed by atoms with E-state index in [0.717, 1.165) is 0 Å². The molecule has 4 nitrogen and oxygen atoms in total. The summed E-state index contributed by atoms with van der Waals surface area (Å²) >= 11 is 0. The van der Waals surface area contributed by atoms with Crippen molar-refractivity contribution >= 4 is 6.29 Å². The molecule has 13 heavy (non-hydrogen) atoms. The predicted octanol–water partition coefficient (Wildman–Crippen LogP) is 0.976. The standard InChI is InChI=1S/C9H8O4/c10-5-6-3-7(11)4-8-9(6)13-2-1-12-8/h3-5,11H,1-2H2. The monoisotopic (exact) mass is 180 g/mol. The van der Waals surface area contributed by atoms with Crippen molar-refractivity contribution in [2.75, 3.05) is 13.2 Å². The molecule has 0 fully saturated rings. The maximum atomic E-state index is 10.6. The zero-order valence-corrected chi connectivity index (χ0v) is 6.82. The molecule has 4 heteroatoms. The van der Waals surface area contributed by atoms with Crippen molar-refractivity contribution in [1.82, 2.24) is 0 Å². The third-order valence-corrected chi connectivity index (χ3v) is 1.78. The summed E-state index contributed by atoms with van der Waals surface area (Å²) in [7, 11) is 0. The van der Waals surface area contributed by atoms with E-state index in [1.54, 1.807) is 0 Å². The number of aldehydes is 1.